The van der Waals surface area contributed by atoms with E-state index in [1.54, 1.807) is 12.1 Å². The van der Waals surface area contributed by atoms with Gasteiger partial charge in [-0.25, -0.2) is 0 Å². The van der Waals surface area contributed by atoms with Crippen molar-refractivity contribution < 1.29 is 9.90 Å². The average Bonchev–Trinajstić information content (AvgIpc) is 2.48. The smallest absolute Gasteiger partial charge is 0.196 e. The molecule has 0 fully saturated rings. The van der Waals surface area contributed by atoms with Gasteiger partial charge in [0.05, 0.1) is 17.2 Å². The summed E-state index contributed by atoms with van der Waals surface area (Å²) in [5.41, 5.74) is 1.83. The average molecular weight is 286 g/mol. The second-order valence-corrected chi connectivity index (χ2v) is 4.81. The van der Waals surface area contributed by atoms with Crippen LogP contribution in [0.5, 0.6) is 5.75 Å². The van der Waals surface area contributed by atoms with E-state index in [1.807, 2.05) is 13.0 Å². The lowest BCUT2D eigenvalue weighted by atomic mass is 9.97. The van der Waals surface area contributed by atoms with Crippen LogP contribution in [0.25, 0.3) is 0 Å². The van der Waals surface area contributed by atoms with Crippen LogP contribution >= 0.6 is 11.6 Å². The minimum absolute atomic E-state index is 0.125. The van der Waals surface area contributed by atoms with Crippen LogP contribution in [0.1, 0.15) is 34.0 Å². The number of aryl methyl sites for hydroxylation is 1. The summed E-state index contributed by atoms with van der Waals surface area (Å²) >= 11 is 5.85. The van der Waals surface area contributed by atoms with E-state index in [1.165, 1.54) is 24.3 Å². The molecule has 0 aliphatic rings. The van der Waals surface area contributed by atoms with Gasteiger partial charge in [-0.1, -0.05) is 18.5 Å². The van der Waals surface area contributed by atoms with Crippen molar-refractivity contribution >= 4 is 17.4 Å². The van der Waals surface area contributed by atoms with Crippen molar-refractivity contribution in [3.8, 4) is 11.8 Å². The third-order valence-electron chi connectivity index (χ3n) is 3.00. The predicted octanol–water partition coefficient (Wildman–Crippen LogP) is 3.71. The minimum Gasteiger partial charge on any atom is -0.507 e. The van der Waals surface area contributed by atoms with Gasteiger partial charge in [0.2, 0.25) is 0 Å². The van der Waals surface area contributed by atoms with Crippen LogP contribution in [0.3, 0.4) is 0 Å². The molecule has 0 spiro atoms. The predicted molar refractivity (Wildman–Crippen MR) is 77.1 cm³/mol. The molecule has 0 bridgehead atoms. The number of aromatic hydroxyl groups is 1. The van der Waals surface area contributed by atoms with Gasteiger partial charge in [-0.2, -0.15) is 5.26 Å². The number of rotatable bonds is 3. The molecule has 0 aliphatic heterocycles. The molecule has 0 unspecified atom stereocenters. The lowest BCUT2D eigenvalue weighted by Crippen LogP contribution is -2.03. The Morgan fingerprint density at radius 3 is 2.70 bits per heavy atom. The Kier molecular flexibility index (Phi) is 4.07. The van der Waals surface area contributed by atoms with E-state index < -0.39 is 0 Å². The van der Waals surface area contributed by atoms with Crippen molar-refractivity contribution in [1.82, 2.24) is 0 Å². The molecule has 0 aromatic heterocycles. The number of nitriles is 1. The van der Waals surface area contributed by atoms with E-state index in [-0.39, 0.29) is 17.1 Å². The highest BCUT2D eigenvalue weighted by molar-refractivity contribution is 6.31. The number of hydrogen-bond acceptors (Lipinski definition) is 3. The summed E-state index contributed by atoms with van der Waals surface area (Å²) in [6, 6.07) is 11.3. The Morgan fingerprint density at radius 2 is 2.05 bits per heavy atom. The lowest BCUT2D eigenvalue weighted by Gasteiger charge is -2.07. The first-order chi connectivity index (χ1) is 9.55. The van der Waals surface area contributed by atoms with Gasteiger partial charge in [-0.15, -0.1) is 0 Å². The normalized spacial score (nSPS) is 10.1. The van der Waals surface area contributed by atoms with Gasteiger partial charge in [0.1, 0.15) is 5.75 Å². The van der Waals surface area contributed by atoms with Gasteiger partial charge in [0.15, 0.2) is 5.78 Å². The molecular weight excluding hydrogens is 274 g/mol. The molecule has 2 rings (SSSR count). The number of phenolic OH excluding ortho intramolecular Hbond substituents is 1. The largest absolute Gasteiger partial charge is 0.507 e. The maximum Gasteiger partial charge on any atom is 0.196 e. The number of hydrogen-bond donors (Lipinski definition) is 1. The highest BCUT2D eigenvalue weighted by Gasteiger charge is 2.15. The van der Waals surface area contributed by atoms with Gasteiger partial charge in [-0.05, 0) is 48.4 Å². The zero-order valence-electron chi connectivity index (χ0n) is 10.9. The molecule has 3 nitrogen and oxygen atoms in total. The Morgan fingerprint density at radius 1 is 1.30 bits per heavy atom. The maximum absolute atomic E-state index is 12.4. The van der Waals surface area contributed by atoms with Crippen molar-refractivity contribution in [3.63, 3.8) is 0 Å². The Hall–Kier alpha value is -2.31. The highest BCUT2D eigenvalue weighted by Crippen LogP contribution is 2.25. The number of carbonyl (C=O) groups is 1. The van der Waals surface area contributed by atoms with Crippen LogP contribution in [0.4, 0.5) is 0 Å². The molecule has 0 saturated heterocycles. The molecule has 100 valence electrons. The van der Waals surface area contributed by atoms with Crippen molar-refractivity contribution in [2.24, 2.45) is 0 Å². The van der Waals surface area contributed by atoms with E-state index in [0.29, 0.717) is 16.1 Å². The molecule has 0 radical (unpaired) electrons. The van der Waals surface area contributed by atoms with Gasteiger partial charge < -0.3 is 5.11 Å². The number of carbonyl (C=O) groups excluding carboxylic acids is 1. The summed E-state index contributed by atoms with van der Waals surface area (Å²) in [6.07, 6.45) is 0.720. The molecule has 20 heavy (non-hydrogen) atoms. The van der Waals surface area contributed by atoms with Crippen molar-refractivity contribution in [2.75, 3.05) is 0 Å². The second-order valence-electron chi connectivity index (χ2n) is 4.37. The lowest BCUT2D eigenvalue weighted by molar-refractivity contribution is 0.103. The summed E-state index contributed by atoms with van der Waals surface area (Å²) in [4.78, 5) is 12.4. The topological polar surface area (TPSA) is 61.1 Å². The fourth-order valence-electron chi connectivity index (χ4n) is 1.94. The van der Waals surface area contributed by atoms with Gasteiger partial charge in [-0.3, -0.25) is 4.79 Å². The van der Waals surface area contributed by atoms with Crippen LogP contribution in [-0.4, -0.2) is 10.9 Å². The molecular formula is C16H12ClNO2. The fourth-order valence-corrected chi connectivity index (χ4v) is 2.11. The zero-order valence-corrected chi connectivity index (χ0v) is 11.6. The Bertz CT molecular complexity index is 717. The number of halogens is 1. The molecule has 2 aromatic carbocycles. The van der Waals surface area contributed by atoms with E-state index in [0.717, 1.165) is 12.0 Å². The standard InChI is InChI=1S/C16H12ClNO2/c1-2-10-5-11(9-18)7-12(6-10)16(20)14-8-13(17)3-4-15(14)19/h3-8,19H,2H2,1H3. The van der Waals surface area contributed by atoms with Crippen LogP contribution in [0, 0.1) is 11.3 Å². The fraction of sp³-hybridized carbons (Fsp3) is 0.125. The first kappa shape index (κ1) is 14.1. The second kappa shape index (κ2) is 5.77. The summed E-state index contributed by atoms with van der Waals surface area (Å²) in [5, 5.41) is 19.1. The molecule has 4 heteroatoms. The van der Waals surface area contributed by atoms with E-state index in [2.05, 4.69) is 0 Å². The molecule has 2 aromatic rings. The van der Waals surface area contributed by atoms with Gasteiger partial charge in [0, 0.05) is 10.6 Å². The van der Waals surface area contributed by atoms with Crippen molar-refractivity contribution in [2.45, 2.75) is 13.3 Å². The quantitative estimate of drug-likeness (QED) is 0.875. The van der Waals surface area contributed by atoms with Crippen LogP contribution in [0.15, 0.2) is 36.4 Å². The molecule has 1 N–H and O–H groups in total. The summed E-state index contributed by atoms with van der Waals surface area (Å²) in [6.45, 7) is 1.95. The van der Waals surface area contributed by atoms with Crippen LogP contribution in [0.2, 0.25) is 5.02 Å². The Labute approximate surface area is 122 Å². The maximum atomic E-state index is 12.4. The van der Waals surface area contributed by atoms with Crippen LogP contribution in [-0.2, 0) is 6.42 Å². The zero-order chi connectivity index (χ0) is 14.7. The number of nitrogens with zero attached hydrogens (tertiary/aromatic N) is 1. The number of phenols is 1. The molecule has 0 aliphatic carbocycles. The molecule has 0 saturated carbocycles. The van der Waals surface area contributed by atoms with Crippen molar-refractivity contribution in [1.29, 1.82) is 5.26 Å². The summed E-state index contributed by atoms with van der Waals surface area (Å²) < 4.78 is 0. The minimum atomic E-state index is -0.350. The van der Waals surface area contributed by atoms with Gasteiger partial charge in [0.25, 0.3) is 0 Å². The van der Waals surface area contributed by atoms with E-state index in [9.17, 15) is 9.90 Å². The van der Waals surface area contributed by atoms with E-state index >= 15 is 0 Å². The van der Waals surface area contributed by atoms with Gasteiger partial charge >= 0.3 is 0 Å². The first-order valence-corrected chi connectivity index (χ1v) is 6.50. The third-order valence-corrected chi connectivity index (χ3v) is 3.23. The monoisotopic (exact) mass is 285 g/mol. The molecule has 0 atom stereocenters. The highest BCUT2D eigenvalue weighted by atomic mass is 35.5. The third kappa shape index (κ3) is 2.81. The summed E-state index contributed by atoms with van der Waals surface area (Å²) in [7, 11) is 0. The summed E-state index contributed by atoms with van der Waals surface area (Å²) in [5.74, 6) is -0.475. The number of ketones is 1. The van der Waals surface area contributed by atoms with E-state index in [4.69, 9.17) is 16.9 Å². The Balaban J connectivity index is 2.53. The first-order valence-electron chi connectivity index (χ1n) is 6.12. The number of benzene rings is 2. The van der Waals surface area contributed by atoms with Crippen LogP contribution < -0.4 is 0 Å². The van der Waals surface area contributed by atoms with Crippen molar-refractivity contribution in [3.05, 3.63) is 63.7 Å². The SMILES string of the molecule is CCc1cc(C#N)cc(C(=O)c2cc(Cl)ccc2O)c1. The molecule has 0 heterocycles. The molecule has 0 amide bonds.